The van der Waals surface area contributed by atoms with E-state index < -0.39 is 0 Å². The average Bonchev–Trinajstić information content (AvgIpc) is 2.26. The molecule has 0 aromatic carbocycles. The summed E-state index contributed by atoms with van der Waals surface area (Å²) in [6.45, 7) is 10.5. The number of aromatic nitrogens is 1. The summed E-state index contributed by atoms with van der Waals surface area (Å²) in [7, 11) is 0. The molecule has 1 unspecified atom stereocenters. The molecule has 0 saturated carbocycles. The van der Waals surface area contributed by atoms with E-state index in [4.69, 9.17) is 5.73 Å². The molecule has 0 bridgehead atoms. The molecule has 1 heterocycles. The summed E-state index contributed by atoms with van der Waals surface area (Å²) in [5.74, 6) is 0. The Kier molecular flexibility index (Phi) is 2.78. The maximum Gasteiger partial charge on any atom is 0.0900 e. The molecule has 1 aromatic rings. The largest absolute Gasteiger partial charge is 0.323 e. The van der Waals surface area contributed by atoms with Crippen LogP contribution in [0.2, 0.25) is 0 Å². The van der Waals surface area contributed by atoms with Gasteiger partial charge in [-0.1, -0.05) is 20.8 Å². The van der Waals surface area contributed by atoms with Crippen LogP contribution >= 0.6 is 11.3 Å². The fourth-order valence-electron chi connectivity index (χ4n) is 1.23. The summed E-state index contributed by atoms with van der Waals surface area (Å²) in [5, 5.41) is 1.10. The lowest BCUT2D eigenvalue weighted by atomic mass is 9.86. The molecule has 1 aromatic heterocycles. The highest BCUT2D eigenvalue weighted by molar-refractivity contribution is 7.11. The van der Waals surface area contributed by atoms with E-state index in [0.717, 1.165) is 10.7 Å². The van der Waals surface area contributed by atoms with Crippen molar-refractivity contribution in [1.82, 2.24) is 4.98 Å². The van der Waals surface area contributed by atoms with Crippen LogP contribution in [-0.2, 0) is 0 Å². The van der Waals surface area contributed by atoms with Crippen LogP contribution < -0.4 is 5.73 Å². The summed E-state index contributed by atoms with van der Waals surface area (Å²) >= 11 is 1.71. The van der Waals surface area contributed by atoms with Gasteiger partial charge in [0.2, 0.25) is 0 Å². The van der Waals surface area contributed by atoms with Crippen LogP contribution in [0.3, 0.4) is 0 Å². The third kappa shape index (κ3) is 2.29. The molecular weight excluding hydrogens is 180 g/mol. The van der Waals surface area contributed by atoms with Crippen LogP contribution in [0.15, 0.2) is 0 Å². The molecule has 0 amide bonds. The Balaban J connectivity index is 3.01. The Hall–Kier alpha value is -0.410. The van der Waals surface area contributed by atoms with E-state index in [1.807, 2.05) is 13.8 Å². The van der Waals surface area contributed by atoms with E-state index in [2.05, 4.69) is 25.8 Å². The molecule has 0 spiro atoms. The van der Waals surface area contributed by atoms with Gasteiger partial charge in [0.25, 0.3) is 0 Å². The first kappa shape index (κ1) is 10.7. The number of nitrogens with two attached hydrogens (primary N) is 1. The van der Waals surface area contributed by atoms with Crippen LogP contribution in [0, 0.1) is 19.3 Å². The molecule has 0 radical (unpaired) electrons. The maximum atomic E-state index is 6.16. The van der Waals surface area contributed by atoms with Crippen molar-refractivity contribution in [2.24, 2.45) is 11.1 Å². The first-order chi connectivity index (χ1) is 5.82. The van der Waals surface area contributed by atoms with Gasteiger partial charge in [0.1, 0.15) is 0 Å². The summed E-state index contributed by atoms with van der Waals surface area (Å²) < 4.78 is 0. The average molecular weight is 198 g/mol. The van der Waals surface area contributed by atoms with Crippen molar-refractivity contribution in [3.63, 3.8) is 0 Å². The van der Waals surface area contributed by atoms with Gasteiger partial charge in [-0.3, -0.25) is 0 Å². The molecule has 0 aliphatic rings. The van der Waals surface area contributed by atoms with Gasteiger partial charge in [-0.2, -0.15) is 0 Å². The van der Waals surface area contributed by atoms with Gasteiger partial charge in [0, 0.05) is 10.9 Å². The van der Waals surface area contributed by atoms with Crippen LogP contribution in [-0.4, -0.2) is 4.98 Å². The molecule has 2 nitrogen and oxygen atoms in total. The number of hydrogen-bond donors (Lipinski definition) is 1. The van der Waals surface area contributed by atoms with Crippen molar-refractivity contribution in [3.05, 3.63) is 15.6 Å². The molecule has 0 saturated heterocycles. The topological polar surface area (TPSA) is 38.9 Å². The molecule has 13 heavy (non-hydrogen) atoms. The zero-order valence-corrected chi connectivity index (χ0v) is 9.83. The van der Waals surface area contributed by atoms with Gasteiger partial charge < -0.3 is 5.73 Å². The van der Waals surface area contributed by atoms with Gasteiger partial charge in [0.05, 0.1) is 10.7 Å². The Morgan fingerprint density at radius 3 is 2.15 bits per heavy atom. The van der Waals surface area contributed by atoms with E-state index >= 15 is 0 Å². The van der Waals surface area contributed by atoms with Gasteiger partial charge in [-0.15, -0.1) is 11.3 Å². The number of aryl methyl sites for hydroxylation is 2. The maximum absolute atomic E-state index is 6.16. The Bertz CT molecular complexity index is 296. The second-order valence-electron chi connectivity index (χ2n) is 4.53. The van der Waals surface area contributed by atoms with Crippen LogP contribution in [0.5, 0.6) is 0 Å². The zero-order valence-electron chi connectivity index (χ0n) is 9.01. The zero-order chi connectivity index (χ0) is 10.2. The van der Waals surface area contributed by atoms with Crippen molar-refractivity contribution >= 4 is 11.3 Å². The van der Waals surface area contributed by atoms with Crippen molar-refractivity contribution in [1.29, 1.82) is 0 Å². The minimum Gasteiger partial charge on any atom is -0.323 e. The van der Waals surface area contributed by atoms with Gasteiger partial charge in [0.15, 0.2) is 0 Å². The molecule has 0 aliphatic carbocycles. The summed E-state index contributed by atoms with van der Waals surface area (Å²) in [6.07, 6.45) is 0. The fraction of sp³-hybridized carbons (Fsp3) is 0.700. The predicted octanol–water partition coefficient (Wildman–Crippen LogP) is 2.81. The molecule has 0 aliphatic heterocycles. The summed E-state index contributed by atoms with van der Waals surface area (Å²) in [5.41, 5.74) is 7.36. The first-order valence-corrected chi connectivity index (χ1v) is 5.33. The second-order valence-corrected chi connectivity index (χ2v) is 5.76. The normalized spacial score (nSPS) is 14.6. The number of hydrogen-bond acceptors (Lipinski definition) is 3. The Labute approximate surface area is 84.2 Å². The van der Waals surface area contributed by atoms with Crippen molar-refractivity contribution in [2.45, 2.75) is 40.7 Å². The third-order valence-corrected chi connectivity index (χ3v) is 3.31. The molecule has 2 N–H and O–H groups in total. The van der Waals surface area contributed by atoms with Gasteiger partial charge in [-0.05, 0) is 19.3 Å². The smallest absolute Gasteiger partial charge is 0.0900 e. The van der Waals surface area contributed by atoms with E-state index in [-0.39, 0.29) is 11.5 Å². The molecule has 74 valence electrons. The lowest BCUT2D eigenvalue weighted by molar-refractivity contribution is 0.330. The van der Waals surface area contributed by atoms with E-state index in [1.54, 1.807) is 11.3 Å². The lowest BCUT2D eigenvalue weighted by Gasteiger charge is -2.26. The quantitative estimate of drug-likeness (QED) is 0.753. The van der Waals surface area contributed by atoms with Gasteiger partial charge in [-0.25, -0.2) is 4.98 Å². The van der Waals surface area contributed by atoms with Crippen LogP contribution in [0.4, 0.5) is 0 Å². The molecular formula is C10H18N2S. The highest BCUT2D eigenvalue weighted by Gasteiger charge is 2.25. The highest BCUT2D eigenvalue weighted by Crippen LogP contribution is 2.35. The Morgan fingerprint density at radius 2 is 1.85 bits per heavy atom. The molecule has 1 atom stereocenters. The minimum absolute atomic E-state index is 0.0960. The van der Waals surface area contributed by atoms with Crippen LogP contribution in [0.1, 0.15) is 42.4 Å². The van der Waals surface area contributed by atoms with Crippen molar-refractivity contribution < 1.29 is 0 Å². The number of nitrogens with zero attached hydrogens (tertiary/aromatic N) is 1. The number of rotatable bonds is 1. The predicted molar refractivity (Wildman–Crippen MR) is 58.0 cm³/mol. The molecule has 3 heteroatoms. The summed E-state index contributed by atoms with van der Waals surface area (Å²) in [4.78, 5) is 5.61. The monoisotopic (exact) mass is 198 g/mol. The summed E-state index contributed by atoms with van der Waals surface area (Å²) in [6, 6.07) is 0.0960. The second kappa shape index (κ2) is 3.39. The highest BCUT2D eigenvalue weighted by atomic mass is 32.1. The lowest BCUT2D eigenvalue weighted by Crippen LogP contribution is -2.25. The van der Waals surface area contributed by atoms with Crippen LogP contribution in [0.25, 0.3) is 0 Å². The minimum atomic E-state index is 0.0960. The number of thiazole rings is 1. The fourth-order valence-corrected chi connectivity index (χ4v) is 2.40. The molecule has 0 fully saturated rings. The van der Waals surface area contributed by atoms with Crippen molar-refractivity contribution in [2.75, 3.05) is 0 Å². The standard InChI is InChI=1S/C10H18N2S/c1-6-8(13-7(2)12-6)9(11)10(3,4)5/h9H,11H2,1-5H3. The third-order valence-electron chi connectivity index (χ3n) is 2.15. The first-order valence-electron chi connectivity index (χ1n) is 4.52. The SMILES string of the molecule is Cc1nc(C)c(C(N)C(C)(C)C)s1. The molecule has 1 rings (SSSR count). The van der Waals surface area contributed by atoms with E-state index in [1.165, 1.54) is 4.88 Å². The van der Waals surface area contributed by atoms with Crippen molar-refractivity contribution in [3.8, 4) is 0 Å². The van der Waals surface area contributed by atoms with E-state index in [9.17, 15) is 0 Å². The Morgan fingerprint density at radius 1 is 1.31 bits per heavy atom. The van der Waals surface area contributed by atoms with Gasteiger partial charge >= 0.3 is 0 Å². The van der Waals surface area contributed by atoms with E-state index in [0.29, 0.717) is 0 Å².